The third kappa shape index (κ3) is 2.91. The van der Waals surface area contributed by atoms with Crippen LogP contribution in [0.25, 0.3) is 16.5 Å². The summed E-state index contributed by atoms with van der Waals surface area (Å²) in [4.78, 5) is 13.9. The Morgan fingerprint density at radius 3 is 2.79 bits per heavy atom. The molecule has 4 rings (SSSR count). The highest BCUT2D eigenvalue weighted by Gasteiger charge is 2.29. The molecular weight excluding hydrogens is 298 g/mol. The highest BCUT2D eigenvalue weighted by atomic mass is 14.8. The first-order chi connectivity index (χ1) is 11.8. The Balaban J connectivity index is 1.71. The molecule has 2 aromatic rings. The molecule has 0 aliphatic heterocycles. The minimum absolute atomic E-state index is 0.364. The molecule has 2 aliphatic rings. The molecule has 0 spiro atoms. The summed E-state index contributed by atoms with van der Waals surface area (Å²) in [5.74, 6) is 1.09. The second-order valence-electron chi connectivity index (χ2n) is 6.88. The van der Waals surface area contributed by atoms with Crippen molar-refractivity contribution in [3.8, 4) is 0 Å². The number of allylic oxidation sites excluding steroid dienone is 2. The molecule has 124 valence electrons. The number of pyridine rings is 2. The summed E-state index contributed by atoms with van der Waals surface area (Å²) >= 11 is 0. The van der Waals surface area contributed by atoms with Gasteiger partial charge in [0, 0.05) is 35.3 Å². The van der Waals surface area contributed by atoms with Gasteiger partial charge >= 0.3 is 0 Å². The van der Waals surface area contributed by atoms with Gasteiger partial charge in [-0.2, -0.15) is 0 Å². The van der Waals surface area contributed by atoms with E-state index in [9.17, 15) is 0 Å². The molecule has 0 radical (unpaired) electrons. The van der Waals surface area contributed by atoms with Gasteiger partial charge in [0.1, 0.15) is 0 Å². The average molecular weight is 321 g/mol. The molecule has 5 nitrogen and oxygen atoms in total. The van der Waals surface area contributed by atoms with Crippen LogP contribution in [0, 0.1) is 11.8 Å². The highest BCUT2D eigenvalue weighted by Crippen LogP contribution is 2.38. The van der Waals surface area contributed by atoms with Crippen molar-refractivity contribution in [2.24, 2.45) is 28.3 Å². The third-order valence-electron chi connectivity index (χ3n) is 5.06. The largest absolute Gasteiger partial charge is 0.401 e. The van der Waals surface area contributed by atoms with Crippen LogP contribution in [0.5, 0.6) is 0 Å². The maximum Gasteiger partial charge on any atom is 0.0997 e. The molecular formula is C19H23N5. The topological polar surface area (TPSA) is 90.2 Å². The zero-order valence-corrected chi connectivity index (χ0v) is 13.7. The summed E-state index contributed by atoms with van der Waals surface area (Å²) in [6.45, 7) is 0.758. The SMILES string of the molecule is NCC1CC(N=CC(=C(N)C2CC2)c2nccc3cccnc23)C1. The number of aromatic nitrogens is 2. The lowest BCUT2D eigenvalue weighted by Gasteiger charge is -2.31. The average Bonchev–Trinajstić information content (AvgIpc) is 3.41. The van der Waals surface area contributed by atoms with E-state index in [-0.39, 0.29) is 0 Å². The van der Waals surface area contributed by atoms with Gasteiger partial charge in [-0.05, 0) is 56.2 Å². The third-order valence-corrected chi connectivity index (χ3v) is 5.06. The molecule has 0 aromatic carbocycles. The van der Waals surface area contributed by atoms with E-state index in [2.05, 4.69) is 9.97 Å². The summed E-state index contributed by atoms with van der Waals surface area (Å²) in [6, 6.07) is 6.33. The molecule has 0 saturated heterocycles. The second kappa shape index (κ2) is 6.32. The lowest BCUT2D eigenvalue weighted by atomic mass is 9.81. The summed E-state index contributed by atoms with van der Waals surface area (Å²) in [5, 5.41) is 1.07. The molecule has 0 atom stereocenters. The zero-order chi connectivity index (χ0) is 16.5. The molecule has 2 heterocycles. The summed E-state index contributed by atoms with van der Waals surface area (Å²) < 4.78 is 0. The van der Waals surface area contributed by atoms with E-state index >= 15 is 0 Å². The van der Waals surface area contributed by atoms with Gasteiger partial charge in [0.25, 0.3) is 0 Å². The van der Waals surface area contributed by atoms with Crippen molar-refractivity contribution in [3.63, 3.8) is 0 Å². The molecule has 0 unspecified atom stereocenters. The van der Waals surface area contributed by atoms with Crippen molar-refractivity contribution in [2.45, 2.75) is 31.7 Å². The number of fused-ring (bicyclic) bond motifs is 1. The van der Waals surface area contributed by atoms with E-state index in [1.165, 1.54) is 0 Å². The highest BCUT2D eigenvalue weighted by molar-refractivity contribution is 6.14. The van der Waals surface area contributed by atoms with Gasteiger partial charge in [0.15, 0.2) is 0 Å². The molecule has 2 fully saturated rings. The Morgan fingerprint density at radius 2 is 2.04 bits per heavy atom. The van der Waals surface area contributed by atoms with Gasteiger partial charge in [-0.15, -0.1) is 0 Å². The zero-order valence-electron chi connectivity index (χ0n) is 13.7. The van der Waals surface area contributed by atoms with Crippen LogP contribution in [0.2, 0.25) is 0 Å². The smallest absolute Gasteiger partial charge is 0.0997 e. The van der Waals surface area contributed by atoms with Gasteiger partial charge in [-0.1, -0.05) is 6.07 Å². The van der Waals surface area contributed by atoms with Crippen LogP contribution in [-0.2, 0) is 0 Å². The second-order valence-corrected chi connectivity index (χ2v) is 6.88. The van der Waals surface area contributed by atoms with E-state index in [1.807, 2.05) is 30.6 Å². The van der Waals surface area contributed by atoms with Crippen molar-refractivity contribution in [2.75, 3.05) is 6.54 Å². The van der Waals surface area contributed by atoms with Crippen molar-refractivity contribution < 1.29 is 0 Å². The fraction of sp³-hybridized carbons (Fsp3) is 0.421. The van der Waals surface area contributed by atoms with Crippen molar-refractivity contribution >= 4 is 22.7 Å². The first-order valence-corrected chi connectivity index (χ1v) is 8.69. The summed E-state index contributed by atoms with van der Waals surface area (Å²) in [6.07, 6.45) is 10.0. The first-order valence-electron chi connectivity index (χ1n) is 8.69. The van der Waals surface area contributed by atoms with Crippen molar-refractivity contribution in [1.29, 1.82) is 0 Å². The lowest BCUT2D eigenvalue weighted by molar-refractivity contribution is 0.276. The van der Waals surface area contributed by atoms with E-state index in [4.69, 9.17) is 16.5 Å². The molecule has 0 amide bonds. The minimum atomic E-state index is 0.364. The Bertz CT molecular complexity index is 795. The maximum atomic E-state index is 6.45. The number of rotatable bonds is 5. The van der Waals surface area contributed by atoms with Crippen LogP contribution in [0.3, 0.4) is 0 Å². The molecule has 24 heavy (non-hydrogen) atoms. The van der Waals surface area contributed by atoms with E-state index in [0.29, 0.717) is 17.9 Å². The monoisotopic (exact) mass is 321 g/mol. The van der Waals surface area contributed by atoms with E-state index in [1.54, 1.807) is 6.20 Å². The predicted molar refractivity (Wildman–Crippen MR) is 97.4 cm³/mol. The molecule has 5 heteroatoms. The number of hydrogen-bond donors (Lipinski definition) is 2. The molecule has 4 N–H and O–H groups in total. The Kier molecular flexibility index (Phi) is 4.02. The fourth-order valence-electron chi connectivity index (χ4n) is 3.28. The van der Waals surface area contributed by atoms with Crippen LogP contribution in [0.1, 0.15) is 31.4 Å². The molecule has 2 saturated carbocycles. The Morgan fingerprint density at radius 1 is 1.21 bits per heavy atom. The quantitative estimate of drug-likeness (QED) is 0.828. The van der Waals surface area contributed by atoms with Gasteiger partial charge < -0.3 is 11.5 Å². The van der Waals surface area contributed by atoms with Crippen LogP contribution in [0.15, 0.2) is 41.3 Å². The maximum absolute atomic E-state index is 6.45. The van der Waals surface area contributed by atoms with Crippen molar-refractivity contribution in [1.82, 2.24) is 9.97 Å². The number of aliphatic imine (C=N–C) groups is 1. The molecule has 0 bridgehead atoms. The Hall–Kier alpha value is -2.27. The normalized spacial score (nSPS) is 24.9. The molecule has 2 aliphatic carbocycles. The van der Waals surface area contributed by atoms with Gasteiger partial charge in [0.2, 0.25) is 0 Å². The fourth-order valence-corrected chi connectivity index (χ4v) is 3.28. The van der Waals surface area contributed by atoms with Gasteiger partial charge in [0.05, 0.1) is 17.3 Å². The summed E-state index contributed by atoms with van der Waals surface area (Å²) in [5.41, 5.74) is 15.7. The van der Waals surface area contributed by atoms with Gasteiger partial charge in [-0.3, -0.25) is 15.0 Å². The van der Waals surface area contributed by atoms with Crippen LogP contribution < -0.4 is 11.5 Å². The minimum Gasteiger partial charge on any atom is -0.401 e. The standard InChI is InChI=1S/C19H23N5/c20-10-12-8-15(9-12)24-11-16(17(21)13-3-4-13)19-18-14(5-7-23-19)2-1-6-22-18/h1-2,5-7,11-13,15H,3-4,8-10,20-21H2. The van der Waals surface area contributed by atoms with E-state index < -0.39 is 0 Å². The number of nitrogens with zero attached hydrogens (tertiary/aromatic N) is 3. The number of nitrogens with two attached hydrogens (primary N) is 2. The number of hydrogen-bond acceptors (Lipinski definition) is 5. The molecule has 2 aromatic heterocycles. The van der Waals surface area contributed by atoms with Gasteiger partial charge in [-0.25, -0.2) is 0 Å². The van der Waals surface area contributed by atoms with Crippen LogP contribution >= 0.6 is 0 Å². The summed E-state index contributed by atoms with van der Waals surface area (Å²) in [7, 11) is 0. The van der Waals surface area contributed by atoms with Crippen LogP contribution in [0.4, 0.5) is 0 Å². The first kappa shape index (κ1) is 15.3. The van der Waals surface area contributed by atoms with Crippen LogP contribution in [-0.4, -0.2) is 28.8 Å². The lowest BCUT2D eigenvalue weighted by Crippen LogP contribution is -2.32. The predicted octanol–water partition coefficient (Wildman–Crippen LogP) is 2.52. The van der Waals surface area contributed by atoms with Crippen molar-refractivity contribution in [3.05, 3.63) is 42.0 Å². The Labute approximate surface area is 141 Å². The van der Waals surface area contributed by atoms with E-state index in [0.717, 1.165) is 60.1 Å².